The molecule has 29 heavy (non-hydrogen) atoms. The number of aryl methyl sites for hydroxylation is 2. The van der Waals surface area contributed by atoms with Crippen LogP contribution in [0, 0.1) is 19.1 Å². The van der Waals surface area contributed by atoms with Crippen molar-refractivity contribution in [2.75, 3.05) is 26.1 Å². The third kappa shape index (κ3) is 3.62. The zero-order valence-electron chi connectivity index (χ0n) is 17.2. The predicted octanol–water partition coefficient (Wildman–Crippen LogP) is 4.13. The van der Waals surface area contributed by atoms with E-state index in [9.17, 15) is 14.8 Å². The summed E-state index contributed by atoms with van der Waals surface area (Å²) in [6, 6.07) is 9.05. The molecule has 0 saturated carbocycles. The molecule has 3 rings (SSSR count). The van der Waals surface area contributed by atoms with Gasteiger partial charge in [-0.15, -0.1) is 0 Å². The maximum absolute atomic E-state index is 13.4. The van der Waals surface area contributed by atoms with Gasteiger partial charge in [-0.25, -0.2) is 4.79 Å². The molecule has 2 aromatic rings. The Kier molecular flexibility index (Phi) is 5.46. The number of quaternary nitrogens is 1. The van der Waals surface area contributed by atoms with Crippen molar-refractivity contribution in [3.63, 3.8) is 0 Å². The average Bonchev–Trinajstić information content (AvgIpc) is 2.71. The van der Waals surface area contributed by atoms with Crippen LogP contribution in [0.4, 0.5) is 17.1 Å². The number of esters is 1. The fourth-order valence-corrected chi connectivity index (χ4v) is 3.57. The minimum atomic E-state index is -0.890. The molecule has 0 radical (unpaired) electrons. The molecule has 0 aromatic heterocycles. The lowest BCUT2D eigenvalue weighted by atomic mass is 9.94. The maximum atomic E-state index is 13.4. The Bertz CT molecular complexity index is 1030. The molecule has 1 heterocycles. The number of nitrogens with one attached hydrogen (secondary N) is 1. The molecule has 7 heteroatoms. The second-order valence-electron chi connectivity index (χ2n) is 6.97. The molecule has 2 aromatic carbocycles. The van der Waals surface area contributed by atoms with Crippen LogP contribution in [0.1, 0.15) is 28.4 Å². The lowest BCUT2D eigenvalue weighted by molar-refractivity contribution is -0.135. The first-order chi connectivity index (χ1) is 13.7. The van der Waals surface area contributed by atoms with Crippen LogP contribution in [0.25, 0.3) is 0 Å². The number of hydrogen-bond acceptors (Lipinski definition) is 6. The molecule has 152 valence electrons. The van der Waals surface area contributed by atoms with E-state index in [0.29, 0.717) is 16.9 Å². The van der Waals surface area contributed by atoms with E-state index in [-0.39, 0.29) is 17.7 Å². The Morgan fingerprint density at radius 1 is 1.14 bits per heavy atom. The second-order valence-corrected chi connectivity index (χ2v) is 6.97. The molecule has 0 bridgehead atoms. The number of nitrogens with zero attached hydrogens (tertiary/aromatic N) is 1. The van der Waals surface area contributed by atoms with E-state index >= 15 is 0 Å². The Morgan fingerprint density at radius 3 is 2.45 bits per heavy atom. The second kappa shape index (κ2) is 7.69. The van der Waals surface area contributed by atoms with Crippen molar-refractivity contribution >= 4 is 28.8 Å². The molecule has 1 atom stereocenters. The highest BCUT2D eigenvalue weighted by molar-refractivity contribution is 6.27. The minimum absolute atomic E-state index is 0.145. The summed E-state index contributed by atoms with van der Waals surface area (Å²) < 4.78 is 9.04. The zero-order valence-corrected chi connectivity index (χ0v) is 17.2. The Hall–Kier alpha value is -3.16. The number of hydroxylamine groups is 2. The van der Waals surface area contributed by atoms with Gasteiger partial charge in [0, 0.05) is 16.9 Å². The van der Waals surface area contributed by atoms with E-state index in [4.69, 9.17) is 9.47 Å². The van der Waals surface area contributed by atoms with Crippen molar-refractivity contribution in [1.29, 1.82) is 0 Å². The van der Waals surface area contributed by atoms with Gasteiger partial charge in [0.2, 0.25) is 5.78 Å². The summed E-state index contributed by atoms with van der Waals surface area (Å²) in [5, 5.41) is 16.7. The topological polar surface area (TPSA) is 87.7 Å². The SMILES string of the molecule is CC[N+]1([O-])C=C(C(=O)OC)C(=O)c2cc(Nc3ccc(OC)cc3C)cc(C)c21. The van der Waals surface area contributed by atoms with E-state index in [1.807, 2.05) is 31.2 Å². The summed E-state index contributed by atoms with van der Waals surface area (Å²) >= 11 is 0. The summed E-state index contributed by atoms with van der Waals surface area (Å²) in [4.78, 5) is 25.0. The van der Waals surface area contributed by atoms with Crippen molar-refractivity contribution in [3.8, 4) is 5.75 Å². The molecular weight excluding hydrogens is 372 g/mol. The van der Waals surface area contributed by atoms with Crippen LogP contribution in [0.2, 0.25) is 0 Å². The van der Waals surface area contributed by atoms with Crippen LogP contribution >= 0.6 is 0 Å². The van der Waals surface area contributed by atoms with Crippen molar-refractivity contribution in [2.24, 2.45) is 0 Å². The van der Waals surface area contributed by atoms with Crippen molar-refractivity contribution < 1.29 is 19.1 Å². The average molecular weight is 396 g/mol. The number of methoxy groups -OCH3 is 2. The van der Waals surface area contributed by atoms with Gasteiger partial charge in [0.1, 0.15) is 11.9 Å². The molecule has 0 saturated heterocycles. The highest BCUT2D eigenvalue weighted by Crippen LogP contribution is 2.40. The quantitative estimate of drug-likeness (QED) is 0.354. The summed E-state index contributed by atoms with van der Waals surface area (Å²) in [7, 11) is 2.79. The summed E-state index contributed by atoms with van der Waals surface area (Å²) in [6.45, 7) is 5.59. The monoisotopic (exact) mass is 396 g/mol. The molecule has 1 aliphatic rings. The fourth-order valence-electron chi connectivity index (χ4n) is 3.57. The molecule has 0 fully saturated rings. The first-order valence-corrected chi connectivity index (χ1v) is 9.25. The van der Waals surface area contributed by atoms with Crippen LogP contribution in [-0.4, -0.2) is 32.5 Å². The third-order valence-electron chi connectivity index (χ3n) is 5.09. The minimum Gasteiger partial charge on any atom is -0.622 e. The number of fused-ring (bicyclic) bond motifs is 1. The number of rotatable bonds is 5. The van der Waals surface area contributed by atoms with Crippen molar-refractivity contribution in [1.82, 2.24) is 4.65 Å². The molecule has 1 aliphatic heterocycles. The number of carbonyl (C=O) groups excluding carboxylic acids is 2. The summed E-state index contributed by atoms with van der Waals surface area (Å²) in [5.41, 5.74) is 3.44. The molecule has 0 spiro atoms. The molecule has 7 nitrogen and oxygen atoms in total. The Balaban J connectivity index is 2.09. The van der Waals surface area contributed by atoms with Crippen LogP contribution < -0.4 is 14.7 Å². The number of ether oxygens (including phenoxy) is 2. The van der Waals surface area contributed by atoms with Gasteiger partial charge in [0.15, 0.2) is 11.3 Å². The predicted molar refractivity (Wildman–Crippen MR) is 112 cm³/mol. The number of ketones is 1. The lowest BCUT2D eigenvalue weighted by Gasteiger charge is -2.42. The van der Waals surface area contributed by atoms with Gasteiger partial charge in [0.05, 0.1) is 26.3 Å². The molecule has 0 aliphatic carbocycles. The lowest BCUT2D eigenvalue weighted by Crippen LogP contribution is -2.43. The van der Waals surface area contributed by atoms with E-state index < -0.39 is 16.4 Å². The van der Waals surface area contributed by atoms with Gasteiger partial charge >= 0.3 is 5.97 Å². The van der Waals surface area contributed by atoms with Gasteiger partial charge in [0.25, 0.3) is 0 Å². The zero-order chi connectivity index (χ0) is 21.3. The molecular formula is C22H24N2O5. The van der Waals surface area contributed by atoms with E-state index in [2.05, 4.69) is 5.32 Å². The van der Waals surface area contributed by atoms with Gasteiger partial charge in [-0.1, -0.05) is 0 Å². The molecule has 1 unspecified atom stereocenters. The standard InChI is InChI=1S/C22H24N2O5/c1-6-24(27)12-18(22(26)29-5)21(25)17-11-15(9-14(3)20(17)24)23-19-8-7-16(28-4)10-13(19)2/h7-12,23H,6H2,1-5H3. The Labute approximate surface area is 169 Å². The smallest absolute Gasteiger partial charge is 0.347 e. The largest absolute Gasteiger partial charge is 0.622 e. The van der Waals surface area contributed by atoms with E-state index in [1.54, 1.807) is 27.0 Å². The molecule has 1 N–H and O–H groups in total. The van der Waals surface area contributed by atoms with Crippen LogP contribution in [0.5, 0.6) is 5.75 Å². The van der Waals surface area contributed by atoms with Crippen LogP contribution in [0.15, 0.2) is 42.1 Å². The Morgan fingerprint density at radius 2 is 1.86 bits per heavy atom. The first kappa shape index (κ1) is 20.6. The van der Waals surface area contributed by atoms with Crippen LogP contribution in [0.3, 0.4) is 0 Å². The highest BCUT2D eigenvalue weighted by atomic mass is 16.5. The van der Waals surface area contributed by atoms with Crippen molar-refractivity contribution in [2.45, 2.75) is 20.8 Å². The normalized spacial score (nSPS) is 18.0. The number of benzene rings is 2. The van der Waals surface area contributed by atoms with Gasteiger partial charge < -0.3 is 24.6 Å². The summed E-state index contributed by atoms with van der Waals surface area (Å²) in [6.07, 6.45) is 1.14. The number of hydrogen-bond donors (Lipinski definition) is 1. The maximum Gasteiger partial charge on any atom is 0.347 e. The van der Waals surface area contributed by atoms with Gasteiger partial charge in [-0.3, -0.25) is 4.79 Å². The summed E-state index contributed by atoms with van der Waals surface area (Å²) in [5.74, 6) is -0.577. The van der Waals surface area contributed by atoms with Gasteiger partial charge in [-0.05, 0) is 56.7 Å². The van der Waals surface area contributed by atoms with E-state index in [1.165, 1.54) is 7.11 Å². The molecule has 0 amide bonds. The number of carbonyl (C=O) groups is 2. The number of anilines is 2. The highest BCUT2D eigenvalue weighted by Gasteiger charge is 2.38. The van der Waals surface area contributed by atoms with E-state index in [0.717, 1.165) is 23.2 Å². The third-order valence-corrected chi connectivity index (χ3v) is 5.09. The first-order valence-electron chi connectivity index (χ1n) is 9.25. The van der Waals surface area contributed by atoms with Crippen molar-refractivity contribution in [3.05, 3.63) is 64.0 Å². The fraction of sp³-hybridized carbons (Fsp3) is 0.273. The van der Waals surface area contributed by atoms with Gasteiger partial charge in [-0.2, -0.15) is 0 Å². The van der Waals surface area contributed by atoms with Crippen LogP contribution in [-0.2, 0) is 9.53 Å². The number of Topliss-reactive ketones (excluding diaryl/α,β-unsaturated/α-hetero) is 1.